The van der Waals surface area contributed by atoms with Crippen molar-refractivity contribution in [3.05, 3.63) is 36.5 Å². The minimum Gasteiger partial charge on any atom is -0.325 e. The number of hydrogen-bond donors (Lipinski definition) is 1. The number of nitrogens with zero attached hydrogens (tertiary/aromatic N) is 3. The van der Waals surface area contributed by atoms with Gasteiger partial charge in [0, 0.05) is 24.1 Å². The van der Waals surface area contributed by atoms with Crippen molar-refractivity contribution in [2.75, 3.05) is 10.6 Å². The second-order valence-electron chi connectivity index (χ2n) is 4.44. The fraction of sp³-hybridized carbons (Fsp3) is 0.357. The van der Waals surface area contributed by atoms with Crippen molar-refractivity contribution in [1.29, 1.82) is 0 Å². The standard InChI is InChI=1S/C14H17BrN4O/c1-11-16-8-9-19(11)13-6-5-12(10-17-13)18-14(20)4-2-3-7-15/h5-6,8-10H,2-4,7H2,1H3,(H,18,20). The molecule has 2 heterocycles. The Morgan fingerprint density at radius 2 is 2.20 bits per heavy atom. The van der Waals surface area contributed by atoms with Gasteiger partial charge in [-0.05, 0) is 31.9 Å². The number of carbonyl (C=O) groups excluding carboxylic acids is 1. The van der Waals surface area contributed by atoms with E-state index in [2.05, 4.69) is 31.2 Å². The zero-order chi connectivity index (χ0) is 14.4. The molecule has 106 valence electrons. The van der Waals surface area contributed by atoms with Crippen LogP contribution in [0.4, 0.5) is 5.69 Å². The molecule has 2 aromatic heterocycles. The van der Waals surface area contributed by atoms with Crippen molar-refractivity contribution in [3.63, 3.8) is 0 Å². The van der Waals surface area contributed by atoms with Gasteiger partial charge in [0.1, 0.15) is 11.6 Å². The van der Waals surface area contributed by atoms with E-state index < -0.39 is 0 Å². The fourth-order valence-corrected chi connectivity index (χ4v) is 2.22. The quantitative estimate of drug-likeness (QED) is 0.651. The maximum Gasteiger partial charge on any atom is 0.224 e. The van der Waals surface area contributed by atoms with E-state index in [9.17, 15) is 4.79 Å². The summed E-state index contributed by atoms with van der Waals surface area (Å²) in [5.41, 5.74) is 0.718. The van der Waals surface area contributed by atoms with Crippen LogP contribution in [0.3, 0.4) is 0 Å². The van der Waals surface area contributed by atoms with Gasteiger partial charge in [-0.25, -0.2) is 9.97 Å². The number of aromatic nitrogens is 3. The summed E-state index contributed by atoms with van der Waals surface area (Å²) in [5, 5.41) is 3.78. The van der Waals surface area contributed by atoms with Crippen LogP contribution >= 0.6 is 15.9 Å². The molecule has 20 heavy (non-hydrogen) atoms. The van der Waals surface area contributed by atoms with Crippen LogP contribution in [0, 0.1) is 6.92 Å². The summed E-state index contributed by atoms with van der Waals surface area (Å²) in [7, 11) is 0. The normalized spacial score (nSPS) is 10.5. The zero-order valence-corrected chi connectivity index (χ0v) is 12.9. The summed E-state index contributed by atoms with van der Waals surface area (Å²) >= 11 is 3.35. The van der Waals surface area contributed by atoms with Crippen LogP contribution in [0.2, 0.25) is 0 Å². The average Bonchev–Trinajstić information content (AvgIpc) is 2.86. The highest BCUT2D eigenvalue weighted by Gasteiger charge is 2.04. The highest BCUT2D eigenvalue weighted by atomic mass is 79.9. The molecule has 0 aliphatic rings. The van der Waals surface area contributed by atoms with Gasteiger partial charge in [-0.1, -0.05) is 15.9 Å². The molecule has 0 aromatic carbocycles. The molecule has 0 atom stereocenters. The van der Waals surface area contributed by atoms with Crippen LogP contribution in [0.1, 0.15) is 25.1 Å². The molecule has 0 unspecified atom stereocenters. The molecule has 1 N–H and O–H groups in total. The second kappa shape index (κ2) is 7.19. The van der Waals surface area contributed by atoms with E-state index in [0.717, 1.165) is 35.5 Å². The Kier molecular flexibility index (Phi) is 5.29. The number of rotatable bonds is 6. The lowest BCUT2D eigenvalue weighted by Gasteiger charge is -2.07. The summed E-state index contributed by atoms with van der Waals surface area (Å²) in [6, 6.07) is 3.72. The number of imidazole rings is 1. The van der Waals surface area contributed by atoms with Crippen molar-refractivity contribution >= 4 is 27.5 Å². The van der Waals surface area contributed by atoms with Crippen LogP contribution in [-0.2, 0) is 4.79 Å². The average molecular weight is 337 g/mol. The molecule has 0 bridgehead atoms. The van der Waals surface area contributed by atoms with Gasteiger partial charge in [0.15, 0.2) is 0 Å². The summed E-state index contributed by atoms with van der Waals surface area (Å²) in [4.78, 5) is 20.2. The molecule has 0 spiro atoms. The van der Waals surface area contributed by atoms with Gasteiger partial charge in [0.25, 0.3) is 0 Å². The first-order valence-corrected chi connectivity index (χ1v) is 7.65. The first-order valence-electron chi connectivity index (χ1n) is 6.53. The van der Waals surface area contributed by atoms with Gasteiger partial charge in [-0.3, -0.25) is 9.36 Å². The van der Waals surface area contributed by atoms with Gasteiger partial charge in [0.2, 0.25) is 5.91 Å². The Labute approximate surface area is 126 Å². The highest BCUT2D eigenvalue weighted by molar-refractivity contribution is 9.09. The number of alkyl halides is 1. The zero-order valence-electron chi connectivity index (χ0n) is 11.3. The van der Waals surface area contributed by atoms with E-state index in [1.54, 1.807) is 12.4 Å². The SMILES string of the molecule is Cc1nccn1-c1ccc(NC(=O)CCCCBr)cn1. The second-order valence-corrected chi connectivity index (χ2v) is 5.24. The van der Waals surface area contributed by atoms with Crippen LogP contribution in [-0.4, -0.2) is 25.8 Å². The Morgan fingerprint density at radius 3 is 2.80 bits per heavy atom. The lowest BCUT2D eigenvalue weighted by Crippen LogP contribution is -2.11. The van der Waals surface area contributed by atoms with Gasteiger partial charge in [0.05, 0.1) is 11.9 Å². The van der Waals surface area contributed by atoms with Gasteiger partial charge < -0.3 is 5.32 Å². The Bertz CT molecular complexity index is 565. The van der Waals surface area contributed by atoms with Crippen molar-refractivity contribution in [1.82, 2.24) is 14.5 Å². The Balaban J connectivity index is 1.95. The smallest absolute Gasteiger partial charge is 0.224 e. The third-order valence-corrected chi connectivity index (χ3v) is 3.45. The molecular formula is C14H17BrN4O. The van der Waals surface area contributed by atoms with Crippen LogP contribution in [0.25, 0.3) is 5.82 Å². The molecule has 2 aromatic rings. The molecule has 5 nitrogen and oxygen atoms in total. The largest absolute Gasteiger partial charge is 0.325 e. The van der Waals surface area contributed by atoms with Gasteiger partial charge >= 0.3 is 0 Å². The van der Waals surface area contributed by atoms with Crippen molar-refractivity contribution in [2.24, 2.45) is 0 Å². The van der Waals surface area contributed by atoms with E-state index in [1.807, 2.05) is 29.8 Å². The molecule has 0 fully saturated rings. The molecule has 2 rings (SSSR count). The maximum absolute atomic E-state index is 11.7. The van der Waals surface area contributed by atoms with E-state index in [0.29, 0.717) is 6.42 Å². The molecule has 0 aliphatic heterocycles. The lowest BCUT2D eigenvalue weighted by molar-refractivity contribution is -0.116. The third-order valence-electron chi connectivity index (χ3n) is 2.89. The molecule has 1 amide bonds. The Morgan fingerprint density at radius 1 is 1.35 bits per heavy atom. The minimum atomic E-state index is 0.0271. The topological polar surface area (TPSA) is 59.8 Å². The first-order chi connectivity index (χ1) is 9.70. The number of halogens is 1. The maximum atomic E-state index is 11.7. The summed E-state index contributed by atoms with van der Waals surface area (Å²) in [5.74, 6) is 1.70. The summed E-state index contributed by atoms with van der Waals surface area (Å²) < 4.78 is 1.89. The van der Waals surface area contributed by atoms with Crippen LogP contribution < -0.4 is 5.32 Å². The predicted molar refractivity (Wildman–Crippen MR) is 82.4 cm³/mol. The number of carbonyl (C=O) groups is 1. The predicted octanol–water partition coefficient (Wildman–Crippen LogP) is 3.08. The van der Waals surface area contributed by atoms with Crippen molar-refractivity contribution < 1.29 is 4.79 Å². The molecule has 0 saturated carbocycles. The van der Waals surface area contributed by atoms with E-state index in [1.165, 1.54) is 0 Å². The number of amides is 1. The number of aryl methyl sites for hydroxylation is 1. The first kappa shape index (κ1) is 14.7. The number of unbranched alkanes of at least 4 members (excludes halogenated alkanes) is 1. The van der Waals surface area contributed by atoms with Crippen LogP contribution in [0.15, 0.2) is 30.7 Å². The number of anilines is 1. The van der Waals surface area contributed by atoms with Gasteiger partial charge in [-0.2, -0.15) is 0 Å². The number of nitrogens with one attached hydrogen (secondary N) is 1. The van der Waals surface area contributed by atoms with Gasteiger partial charge in [-0.15, -0.1) is 0 Å². The van der Waals surface area contributed by atoms with E-state index in [-0.39, 0.29) is 5.91 Å². The fourth-order valence-electron chi connectivity index (χ4n) is 1.83. The number of hydrogen-bond acceptors (Lipinski definition) is 3. The minimum absolute atomic E-state index is 0.0271. The van der Waals surface area contributed by atoms with Crippen LogP contribution in [0.5, 0.6) is 0 Å². The summed E-state index contributed by atoms with van der Waals surface area (Å²) in [6.45, 7) is 1.92. The monoisotopic (exact) mass is 336 g/mol. The van der Waals surface area contributed by atoms with Crippen molar-refractivity contribution in [2.45, 2.75) is 26.2 Å². The van der Waals surface area contributed by atoms with Crippen molar-refractivity contribution in [3.8, 4) is 5.82 Å². The molecular weight excluding hydrogens is 320 g/mol. The highest BCUT2D eigenvalue weighted by Crippen LogP contribution is 2.12. The molecule has 0 aliphatic carbocycles. The molecule has 6 heteroatoms. The van der Waals surface area contributed by atoms with E-state index >= 15 is 0 Å². The summed E-state index contributed by atoms with van der Waals surface area (Å²) in [6.07, 6.45) is 7.68. The number of pyridine rings is 1. The third kappa shape index (κ3) is 3.90. The lowest BCUT2D eigenvalue weighted by atomic mass is 10.2. The Hall–Kier alpha value is -1.69. The molecule has 0 radical (unpaired) electrons. The van der Waals surface area contributed by atoms with E-state index in [4.69, 9.17) is 0 Å². The molecule has 0 saturated heterocycles.